The van der Waals surface area contributed by atoms with Crippen molar-refractivity contribution in [3.8, 4) is 0 Å². The Balaban J connectivity index is 0.811. The molecule has 1 unspecified atom stereocenters. The Hall–Kier alpha value is -1.61. The normalized spacial score (nSPS) is 51.7. The van der Waals surface area contributed by atoms with E-state index in [-0.39, 0.29) is 42.0 Å². The first kappa shape index (κ1) is 48.4. The van der Waals surface area contributed by atoms with Gasteiger partial charge in [-0.2, -0.15) is 0 Å². The van der Waals surface area contributed by atoms with Gasteiger partial charge in [-0.15, -0.1) is 0 Å². The van der Waals surface area contributed by atoms with Gasteiger partial charge in [-0.3, -0.25) is 4.79 Å². The van der Waals surface area contributed by atoms with Crippen LogP contribution >= 0.6 is 0 Å². The summed E-state index contributed by atoms with van der Waals surface area (Å²) in [6, 6.07) is 0. The zero-order valence-electron chi connectivity index (χ0n) is 40.1. The largest absolute Gasteiger partial charge is 0.493 e. The van der Waals surface area contributed by atoms with Crippen molar-refractivity contribution in [1.29, 1.82) is 0 Å². The van der Waals surface area contributed by atoms with E-state index in [0.29, 0.717) is 42.8 Å². The van der Waals surface area contributed by atoms with E-state index in [1.54, 1.807) is 27.2 Å². The summed E-state index contributed by atoms with van der Waals surface area (Å²) in [4.78, 5) is 13.0. The zero-order chi connectivity index (χ0) is 46.2. The molecule has 0 aromatic rings. The van der Waals surface area contributed by atoms with Gasteiger partial charge in [-0.05, 0) is 115 Å². The fourth-order valence-corrected chi connectivity index (χ4v) is 14.0. The van der Waals surface area contributed by atoms with Gasteiger partial charge >= 0.3 is 0 Å². The molecule has 2 N–H and O–H groups in total. The molecule has 4 saturated heterocycles. The van der Waals surface area contributed by atoms with Crippen LogP contribution in [0.15, 0.2) is 23.5 Å². The second-order valence-corrected chi connectivity index (χ2v) is 21.1. The maximum Gasteiger partial charge on any atom is 0.288 e. The summed E-state index contributed by atoms with van der Waals surface area (Å²) in [5, 5.41) is 23.3. The second kappa shape index (κ2) is 18.6. The van der Waals surface area contributed by atoms with Gasteiger partial charge in [0.25, 0.3) is 11.8 Å². The third-order valence-electron chi connectivity index (χ3n) is 17.7. The first-order valence-corrected chi connectivity index (χ1v) is 24.4. The van der Waals surface area contributed by atoms with Gasteiger partial charge < -0.3 is 71.8 Å². The topological polar surface area (TPSA) is 178 Å². The summed E-state index contributed by atoms with van der Waals surface area (Å²) in [5.74, 6) is -0.104. The standard InChI is InChI=1S/C49H76O16/c1-25-19-35(53-8)42(51)45(58-25)62-31-13-16-46(6)30(20-31)11-12-32-33(46)14-17-47(7)34(32)15-18-48(47,52)29(5)61-39-22-37-44(27(3)60-39)65-49(57-24-56-37)23-38(55-10)43(28(4)64-49)63-40-21-36(54-9)41(50)26(2)59-40/h11,19,25-29,31-34,36-41,43-45,50,52H,12-18,20-24H2,1-10H3/t25-,26-,27-,28-,29+,31+,32-,33+,34+,36+,37-,38-,39+,40+,41-,43-,44-,45?,46+,47+,48+,49-/m1/s1. The van der Waals surface area contributed by atoms with Crippen molar-refractivity contribution in [2.24, 2.45) is 28.6 Å². The molecule has 0 aromatic carbocycles. The Labute approximate surface area is 384 Å². The molecule has 3 saturated carbocycles. The molecule has 65 heavy (non-hydrogen) atoms. The minimum Gasteiger partial charge on any atom is -0.493 e. The second-order valence-electron chi connectivity index (χ2n) is 21.1. The van der Waals surface area contributed by atoms with E-state index in [2.05, 4.69) is 19.9 Å². The van der Waals surface area contributed by atoms with Crippen LogP contribution in [-0.2, 0) is 66.4 Å². The van der Waals surface area contributed by atoms with Gasteiger partial charge in [-0.1, -0.05) is 25.5 Å². The first-order valence-electron chi connectivity index (χ1n) is 24.4. The van der Waals surface area contributed by atoms with E-state index in [1.807, 2.05) is 27.7 Å². The van der Waals surface area contributed by atoms with Crippen LogP contribution in [0, 0.1) is 28.6 Å². The highest BCUT2D eigenvalue weighted by atomic mass is 16.9. The maximum atomic E-state index is 13.0. The molecule has 5 aliphatic heterocycles. The van der Waals surface area contributed by atoms with Crippen LogP contribution in [0.5, 0.6) is 0 Å². The fraction of sp³-hybridized carbons (Fsp3) is 0.898. The first-order chi connectivity index (χ1) is 30.9. The smallest absolute Gasteiger partial charge is 0.288 e. The van der Waals surface area contributed by atoms with E-state index < -0.39 is 91.5 Å². The van der Waals surface area contributed by atoms with Gasteiger partial charge in [0, 0.05) is 32.5 Å². The monoisotopic (exact) mass is 921 g/mol. The molecule has 9 aliphatic rings. The summed E-state index contributed by atoms with van der Waals surface area (Å²) >= 11 is 0. The summed E-state index contributed by atoms with van der Waals surface area (Å²) in [7, 11) is 4.70. The van der Waals surface area contributed by atoms with Crippen LogP contribution < -0.4 is 0 Å². The highest BCUT2D eigenvalue weighted by molar-refractivity contribution is 5.96. The number of hydrogen-bond acceptors (Lipinski definition) is 16. The van der Waals surface area contributed by atoms with Crippen molar-refractivity contribution in [3.63, 3.8) is 0 Å². The molecule has 7 fully saturated rings. The molecule has 5 heterocycles. The van der Waals surface area contributed by atoms with Gasteiger partial charge in [0.2, 0.25) is 6.29 Å². The third kappa shape index (κ3) is 8.63. The van der Waals surface area contributed by atoms with Crippen molar-refractivity contribution in [3.05, 3.63) is 23.5 Å². The number of ether oxygens (including phenoxy) is 13. The van der Waals surface area contributed by atoms with E-state index >= 15 is 0 Å². The number of hydrogen-bond donors (Lipinski definition) is 2. The summed E-state index contributed by atoms with van der Waals surface area (Å²) in [5.41, 5.74) is 0.115. The van der Waals surface area contributed by atoms with Crippen molar-refractivity contribution in [2.75, 3.05) is 28.1 Å². The third-order valence-corrected chi connectivity index (χ3v) is 17.7. The van der Waals surface area contributed by atoms with E-state index in [4.69, 9.17) is 61.6 Å². The van der Waals surface area contributed by atoms with E-state index in [9.17, 15) is 15.0 Å². The van der Waals surface area contributed by atoms with Crippen LogP contribution in [-0.4, -0.2) is 148 Å². The number of ketones is 1. The van der Waals surface area contributed by atoms with Crippen molar-refractivity contribution >= 4 is 5.78 Å². The van der Waals surface area contributed by atoms with E-state index in [1.165, 1.54) is 12.7 Å². The molecule has 16 nitrogen and oxygen atoms in total. The summed E-state index contributed by atoms with van der Waals surface area (Å²) in [6.07, 6.45) is 4.70. The highest BCUT2D eigenvalue weighted by Crippen LogP contribution is 2.68. The molecule has 0 amide bonds. The van der Waals surface area contributed by atoms with Gasteiger partial charge in [0.1, 0.15) is 18.3 Å². The predicted molar refractivity (Wildman–Crippen MR) is 230 cm³/mol. The summed E-state index contributed by atoms with van der Waals surface area (Å²) in [6.45, 7) is 14.2. The van der Waals surface area contributed by atoms with Crippen molar-refractivity contribution in [1.82, 2.24) is 0 Å². The molecule has 368 valence electrons. The van der Waals surface area contributed by atoms with Crippen molar-refractivity contribution in [2.45, 2.75) is 223 Å². The number of methoxy groups -OCH3 is 3. The minimum atomic E-state index is -1.47. The highest BCUT2D eigenvalue weighted by Gasteiger charge is 2.66. The van der Waals surface area contributed by atoms with Crippen LogP contribution in [0.1, 0.15) is 119 Å². The molecule has 0 bridgehead atoms. The Morgan fingerprint density at radius 1 is 0.846 bits per heavy atom. The average Bonchev–Trinajstić information content (AvgIpc) is 3.43. The molecule has 16 heteroatoms. The van der Waals surface area contributed by atoms with Gasteiger partial charge in [0.15, 0.2) is 25.1 Å². The Bertz CT molecular complexity index is 1780. The number of Topliss-reactive ketones (excluding diaryl/α,β-unsaturated/α-hetero) is 1. The number of fused-ring (bicyclic) bond motifs is 6. The molecular weight excluding hydrogens is 845 g/mol. The molecule has 0 aromatic heterocycles. The zero-order valence-corrected chi connectivity index (χ0v) is 40.1. The SMILES string of the molecule is COC1=C[C@@H](C)OC(O[C@H]2CC[C@@]3(C)C(=CC[C@@H]4[C@@H]3CC[C@@]3(C)[C@H]4CC[C@]3(O)[C@H](C)O[C@H]3C[C@H]4OCO[C@@]5(C[C@@H](OC)[C@H](O[C@H]6C[C@H](OC)[C@H](O)[C@@H](C)O6)[C@@H](C)O5)O[C@@H]4[C@@H](C)O3)C2)C1=O. The minimum absolute atomic E-state index is 0.0455. The number of carbonyl (C=O) groups excluding carboxylic acids is 1. The Morgan fingerprint density at radius 3 is 2.35 bits per heavy atom. The Kier molecular flexibility index (Phi) is 13.9. The molecule has 9 rings (SSSR count). The van der Waals surface area contributed by atoms with Crippen LogP contribution in [0.4, 0.5) is 0 Å². The Morgan fingerprint density at radius 2 is 1.60 bits per heavy atom. The predicted octanol–water partition coefficient (Wildman–Crippen LogP) is 5.58. The molecule has 4 aliphatic carbocycles. The molecule has 22 atom stereocenters. The number of allylic oxidation sites excluding steroid dienone is 1. The quantitative estimate of drug-likeness (QED) is 0.260. The maximum absolute atomic E-state index is 13.0. The van der Waals surface area contributed by atoms with Crippen LogP contribution in [0.2, 0.25) is 0 Å². The van der Waals surface area contributed by atoms with Crippen LogP contribution in [0.25, 0.3) is 0 Å². The van der Waals surface area contributed by atoms with Gasteiger partial charge in [-0.25, -0.2) is 0 Å². The average molecular weight is 921 g/mol. The lowest BCUT2D eigenvalue weighted by Crippen LogP contribution is -2.61. The molecule has 1 spiro atoms. The van der Waals surface area contributed by atoms with Gasteiger partial charge in [0.05, 0.1) is 74.1 Å². The number of rotatable bonds is 10. The lowest BCUT2D eigenvalue weighted by molar-refractivity contribution is -0.447. The molecular formula is C49H76O16. The lowest BCUT2D eigenvalue weighted by atomic mass is 9.46. The van der Waals surface area contributed by atoms with E-state index in [0.717, 1.165) is 44.9 Å². The number of aliphatic hydroxyl groups is 2. The van der Waals surface area contributed by atoms with Crippen LogP contribution in [0.3, 0.4) is 0 Å². The molecule has 0 radical (unpaired) electrons. The number of aliphatic hydroxyl groups excluding tert-OH is 1. The lowest BCUT2D eigenvalue weighted by Gasteiger charge is -2.59. The van der Waals surface area contributed by atoms with Crippen molar-refractivity contribution < 1.29 is 76.6 Å². The number of carbonyl (C=O) groups is 1. The summed E-state index contributed by atoms with van der Waals surface area (Å²) < 4.78 is 80.6. The fourth-order valence-electron chi connectivity index (χ4n) is 14.0.